The number of carboxylic acids is 1. The number of rotatable bonds is 5. The topological polar surface area (TPSA) is 70.5 Å². The number of carbonyl (C=O) groups excluding carboxylic acids is 1. The molecule has 5 heteroatoms. The van der Waals surface area contributed by atoms with Gasteiger partial charge in [-0.2, -0.15) is 0 Å². The van der Waals surface area contributed by atoms with Crippen LogP contribution in [0, 0.1) is 0 Å². The number of hydrogen-bond donors (Lipinski definition) is 1. The Hall–Kier alpha value is -2.17. The second kappa shape index (κ2) is 5.95. The van der Waals surface area contributed by atoms with Gasteiger partial charge in [0.1, 0.15) is 5.69 Å². The van der Waals surface area contributed by atoms with Crippen LogP contribution in [0.15, 0.2) is 30.5 Å². The Labute approximate surface area is 106 Å². The molecule has 0 spiro atoms. The molecule has 5 nitrogen and oxygen atoms in total. The van der Waals surface area contributed by atoms with Gasteiger partial charge in [-0.15, -0.1) is 0 Å². The van der Waals surface area contributed by atoms with E-state index in [1.165, 1.54) is 18.3 Å². The van der Waals surface area contributed by atoms with Crippen molar-refractivity contribution in [2.45, 2.75) is 13.8 Å². The Balaban J connectivity index is 2.88. The maximum Gasteiger partial charge on any atom is 0.354 e. The summed E-state index contributed by atoms with van der Waals surface area (Å²) in [4.78, 5) is 28.1. The van der Waals surface area contributed by atoms with Crippen molar-refractivity contribution in [1.82, 2.24) is 9.88 Å². The van der Waals surface area contributed by atoms with Gasteiger partial charge in [-0.25, -0.2) is 9.78 Å². The van der Waals surface area contributed by atoms with Gasteiger partial charge in [-0.05, 0) is 26.0 Å². The molecule has 0 fully saturated rings. The van der Waals surface area contributed by atoms with Crippen molar-refractivity contribution in [3.63, 3.8) is 0 Å². The van der Waals surface area contributed by atoms with Crippen molar-refractivity contribution in [3.8, 4) is 0 Å². The number of carboxylic acid groups (broad SMARTS) is 1. The summed E-state index contributed by atoms with van der Waals surface area (Å²) in [6.45, 7) is 8.54. The van der Waals surface area contributed by atoms with Gasteiger partial charge in [0.05, 0.1) is 5.56 Å². The fourth-order valence-corrected chi connectivity index (χ4v) is 1.48. The van der Waals surface area contributed by atoms with Crippen LogP contribution < -0.4 is 0 Å². The number of amides is 1. The first-order valence-electron chi connectivity index (χ1n) is 5.58. The molecule has 0 aliphatic heterocycles. The van der Waals surface area contributed by atoms with E-state index in [0.717, 1.165) is 5.57 Å². The highest BCUT2D eigenvalue weighted by atomic mass is 16.4. The van der Waals surface area contributed by atoms with E-state index in [1.807, 2.05) is 13.8 Å². The highest BCUT2D eigenvalue weighted by molar-refractivity contribution is 5.95. The Kier molecular flexibility index (Phi) is 4.59. The van der Waals surface area contributed by atoms with E-state index in [2.05, 4.69) is 11.6 Å². The van der Waals surface area contributed by atoms with Crippen molar-refractivity contribution < 1.29 is 14.7 Å². The standard InChI is InChI=1S/C13H16N2O3/c1-4-15(8-9(2)3)12(16)10-5-6-11(13(17)18)14-7-10/h5-7H,2,4,8H2,1,3H3,(H,17,18). The number of likely N-dealkylation sites (N-methyl/N-ethyl adjacent to an activating group) is 1. The van der Waals surface area contributed by atoms with Gasteiger partial charge in [0.25, 0.3) is 5.91 Å². The molecule has 0 atom stereocenters. The smallest absolute Gasteiger partial charge is 0.354 e. The molecule has 0 aliphatic carbocycles. The molecule has 1 N–H and O–H groups in total. The van der Waals surface area contributed by atoms with Crippen LogP contribution in [0.1, 0.15) is 34.7 Å². The molecule has 0 saturated heterocycles. The van der Waals surface area contributed by atoms with Crippen molar-refractivity contribution in [3.05, 3.63) is 41.7 Å². The number of nitrogens with zero attached hydrogens (tertiary/aromatic N) is 2. The van der Waals surface area contributed by atoms with Gasteiger partial charge >= 0.3 is 5.97 Å². The Morgan fingerprint density at radius 3 is 2.50 bits per heavy atom. The van der Waals surface area contributed by atoms with Crippen LogP contribution in [0.5, 0.6) is 0 Å². The summed E-state index contributed by atoms with van der Waals surface area (Å²) in [5.74, 6) is -1.28. The highest BCUT2D eigenvalue weighted by Crippen LogP contribution is 2.07. The van der Waals surface area contributed by atoms with Crippen LogP contribution in [0.3, 0.4) is 0 Å². The SMILES string of the molecule is C=C(C)CN(CC)C(=O)c1ccc(C(=O)O)nc1. The lowest BCUT2D eigenvalue weighted by Crippen LogP contribution is -2.32. The molecule has 1 amide bonds. The zero-order valence-electron chi connectivity index (χ0n) is 10.5. The molecule has 0 radical (unpaired) electrons. The first-order valence-corrected chi connectivity index (χ1v) is 5.58. The minimum absolute atomic E-state index is 0.0745. The minimum atomic E-state index is -1.11. The van der Waals surface area contributed by atoms with Gasteiger partial charge < -0.3 is 10.0 Å². The van der Waals surface area contributed by atoms with Crippen LogP contribution in [-0.4, -0.2) is 40.0 Å². The summed E-state index contributed by atoms with van der Waals surface area (Å²) >= 11 is 0. The van der Waals surface area contributed by atoms with E-state index in [9.17, 15) is 9.59 Å². The molecule has 1 aromatic heterocycles. The molecule has 0 saturated carbocycles. The predicted octanol–water partition coefficient (Wildman–Crippen LogP) is 1.82. The second-order valence-electron chi connectivity index (χ2n) is 4.01. The summed E-state index contributed by atoms with van der Waals surface area (Å²) < 4.78 is 0. The zero-order chi connectivity index (χ0) is 13.7. The number of carbonyl (C=O) groups is 2. The summed E-state index contributed by atoms with van der Waals surface area (Å²) in [5, 5.41) is 8.72. The fourth-order valence-electron chi connectivity index (χ4n) is 1.48. The molecule has 1 heterocycles. The van der Waals surface area contributed by atoms with E-state index < -0.39 is 5.97 Å². The van der Waals surface area contributed by atoms with Gasteiger partial charge in [0.15, 0.2) is 0 Å². The first-order chi connectivity index (χ1) is 8.45. The summed E-state index contributed by atoms with van der Waals surface area (Å²) in [6, 6.07) is 2.80. The second-order valence-corrected chi connectivity index (χ2v) is 4.01. The van der Waals surface area contributed by atoms with Gasteiger partial charge in [-0.3, -0.25) is 4.79 Å². The third-order valence-corrected chi connectivity index (χ3v) is 2.36. The molecule has 0 unspecified atom stereocenters. The van der Waals surface area contributed by atoms with E-state index in [4.69, 9.17) is 5.11 Å². The lowest BCUT2D eigenvalue weighted by molar-refractivity contribution is 0.0688. The average Bonchev–Trinajstić information content (AvgIpc) is 2.35. The maximum absolute atomic E-state index is 12.1. The van der Waals surface area contributed by atoms with Gasteiger partial charge in [0, 0.05) is 19.3 Å². The minimum Gasteiger partial charge on any atom is -0.477 e. The van der Waals surface area contributed by atoms with E-state index in [-0.39, 0.29) is 11.6 Å². The van der Waals surface area contributed by atoms with Gasteiger partial charge in [0.2, 0.25) is 0 Å². The Morgan fingerprint density at radius 2 is 2.11 bits per heavy atom. The molecule has 96 valence electrons. The Bertz CT molecular complexity index is 466. The average molecular weight is 248 g/mol. The van der Waals surface area contributed by atoms with E-state index in [0.29, 0.717) is 18.7 Å². The lowest BCUT2D eigenvalue weighted by atomic mass is 10.2. The molecule has 0 aromatic carbocycles. The van der Waals surface area contributed by atoms with Gasteiger partial charge in [-0.1, -0.05) is 12.2 Å². The van der Waals surface area contributed by atoms with Crippen LogP contribution >= 0.6 is 0 Å². The van der Waals surface area contributed by atoms with Crippen molar-refractivity contribution >= 4 is 11.9 Å². The van der Waals surface area contributed by atoms with Crippen LogP contribution in [0.25, 0.3) is 0 Å². The zero-order valence-corrected chi connectivity index (χ0v) is 10.5. The van der Waals surface area contributed by atoms with Crippen molar-refractivity contribution in [2.75, 3.05) is 13.1 Å². The highest BCUT2D eigenvalue weighted by Gasteiger charge is 2.15. The number of hydrogen-bond acceptors (Lipinski definition) is 3. The monoisotopic (exact) mass is 248 g/mol. The molecule has 1 rings (SSSR count). The molecular weight excluding hydrogens is 232 g/mol. The van der Waals surface area contributed by atoms with E-state index >= 15 is 0 Å². The normalized spacial score (nSPS) is 9.89. The van der Waals surface area contributed by atoms with E-state index in [1.54, 1.807) is 4.90 Å². The number of pyridine rings is 1. The Morgan fingerprint density at radius 1 is 1.44 bits per heavy atom. The molecule has 0 aliphatic rings. The largest absolute Gasteiger partial charge is 0.477 e. The molecule has 1 aromatic rings. The van der Waals surface area contributed by atoms with Crippen LogP contribution in [-0.2, 0) is 0 Å². The van der Waals surface area contributed by atoms with Crippen LogP contribution in [0.4, 0.5) is 0 Å². The fraction of sp³-hybridized carbons (Fsp3) is 0.308. The number of aromatic nitrogens is 1. The number of aromatic carboxylic acids is 1. The van der Waals surface area contributed by atoms with Crippen LogP contribution in [0.2, 0.25) is 0 Å². The maximum atomic E-state index is 12.1. The molecule has 0 bridgehead atoms. The lowest BCUT2D eigenvalue weighted by Gasteiger charge is -2.20. The van der Waals surface area contributed by atoms with Crippen molar-refractivity contribution in [2.24, 2.45) is 0 Å². The summed E-state index contributed by atoms with van der Waals surface area (Å²) in [6.07, 6.45) is 1.28. The third-order valence-electron chi connectivity index (χ3n) is 2.36. The third kappa shape index (κ3) is 3.41. The van der Waals surface area contributed by atoms with Crippen molar-refractivity contribution in [1.29, 1.82) is 0 Å². The predicted molar refractivity (Wildman–Crippen MR) is 67.6 cm³/mol. The first kappa shape index (κ1) is 13.9. The molecule has 18 heavy (non-hydrogen) atoms. The quantitative estimate of drug-likeness (QED) is 0.807. The summed E-state index contributed by atoms with van der Waals surface area (Å²) in [7, 11) is 0. The molecular formula is C13H16N2O3. The summed E-state index contributed by atoms with van der Waals surface area (Å²) in [5.41, 5.74) is 1.19.